The van der Waals surface area contributed by atoms with Gasteiger partial charge in [-0.2, -0.15) is 4.72 Å². The first-order chi connectivity index (χ1) is 9.26. The van der Waals surface area contributed by atoms with Crippen LogP contribution in [-0.4, -0.2) is 26.4 Å². The SMILES string of the molecule is CC[C@H](C)NC(=O)[C@@H](C)NS(=O)(=O)c1ccc(C)cc1. The van der Waals surface area contributed by atoms with Gasteiger partial charge in [-0.25, -0.2) is 8.42 Å². The van der Waals surface area contributed by atoms with Crippen molar-refractivity contribution in [1.82, 2.24) is 10.0 Å². The molecule has 20 heavy (non-hydrogen) atoms. The second-order valence-electron chi connectivity index (χ2n) is 4.97. The predicted molar refractivity (Wildman–Crippen MR) is 78.9 cm³/mol. The van der Waals surface area contributed by atoms with E-state index >= 15 is 0 Å². The van der Waals surface area contributed by atoms with E-state index in [2.05, 4.69) is 10.0 Å². The first-order valence-corrected chi connectivity index (χ1v) is 8.14. The van der Waals surface area contributed by atoms with Crippen LogP contribution in [0.25, 0.3) is 0 Å². The van der Waals surface area contributed by atoms with Gasteiger partial charge in [0.2, 0.25) is 15.9 Å². The highest BCUT2D eigenvalue weighted by atomic mass is 32.2. The fourth-order valence-corrected chi connectivity index (χ4v) is 2.74. The summed E-state index contributed by atoms with van der Waals surface area (Å²) in [6.45, 7) is 7.24. The van der Waals surface area contributed by atoms with Crippen LogP contribution < -0.4 is 10.0 Å². The zero-order valence-electron chi connectivity index (χ0n) is 12.3. The second-order valence-corrected chi connectivity index (χ2v) is 6.69. The zero-order chi connectivity index (χ0) is 15.3. The minimum absolute atomic E-state index is 0.0221. The molecule has 0 aliphatic heterocycles. The monoisotopic (exact) mass is 298 g/mol. The van der Waals surface area contributed by atoms with Crippen molar-refractivity contribution < 1.29 is 13.2 Å². The maximum Gasteiger partial charge on any atom is 0.241 e. The molecule has 0 radical (unpaired) electrons. The molecular formula is C14H22N2O3S. The van der Waals surface area contributed by atoms with Gasteiger partial charge in [0.25, 0.3) is 0 Å². The number of aryl methyl sites for hydroxylation is 1. The van der Waals surface area contributed by atoms with Crippen molar-refractivity contribution in [3.05, 3.63) is 29.8 Å². The molecule has 1 rings (SSSR count). The minimum atomic E-state index is -3.67. The lowest BCUT2D eigenvalue weighted by Gasteiger charge is -2.17. The van der Waals surface area contributed by atoms with Crippen LogP contribution in [0.4, 0.5) is 0 Å². The third kappa shape index (κ3) is 4.61. The van der Waals surface area contributed by atoms with Crippen molar-refractivity contribution >= 4 is 15.9 Å². The molecule has 6 heteroatoms. The van der Waals surface area contributed by atoms with Crippen LogP contribution >= 0.6 is 0 Å². The molecule has 0 spiro atoms. The molecule has 0 heterocycles. The van der Waals surface area contributed by atoms with Crippen LogP contribution in [0.2, 0.25) is 0 Å². The summed E-state index contributed by atoms with van der Waals surface area (Å²) in [5.41, 5.74) is 0.978. The van der Waals surface area contributed by atoms with Gasteiger partial charge in [-0.15, -0.1) is 0 Å². The topological polar surface area (TPSA) is 75.3 Å². The average molecular weight is 298 g/mol. The van der Waals surface area contributed by atoms with Crippen LogP contribution in [-0.2, 0) is 14.8 Å². The largest absolute Gasteiger partial charge is 0.352 e. The number of carbonyl (C=O) groups is 1. The van der Waals surface area contributed by atoms with E-state index in [-0.39, 0.29) is 16.8 Å². The summed E-state index contributed by atoms with van der Waals surface area (Å²) in [7, 11) is -3.67. The zero-order valence-corrected chi connectivity index (χ0v) is 13.1. The van der Waals surface area contributed by atoms with Crippen LogP contribution in [0.3, 0.4) is 0 Å². The molecule has 5 nitrogen and oxygen atoms in total. The molecule has 112 valence electrons. The molecular weight excluding hydrogens is 276 g/mol. The molecule has 0 aliphatic carbocycles. The van der Waals surface area contributed by atoms with Crippen molar-refractivity contribution in [1.29, 1.82) is 0 Å². The van der Waals surface area contributed by atoms with Crippen LogP contribution in [0.15, 0.2) is 29.2 Å². The van der Waals surface area contributed by atoms with E-state index in [4.69, 9.17) is 0 Å². The summed E-state index contributed by atoms with van der Waals surface area (Å²) in [6, 6.07) is 5.70. The summed E-state index contributed by atoms with van der Waals surface area (Å²) in [5, 5.41) is 2.75. The maximum absolute atomic E-state index is 12.1. The Kier molecular flexibility index (Phi) is 5.71. The molecule has 2 N–H and O–H groups in total. The predicted octanol–water partition coefficient (Wildman–Crippen LogP) is 1.58. The fourth-order valence-electron chi connectivity index (χ4n) is 1.54. The van der Waals surface area contributed by atoms with Crippen LogP contribution in [0, 0.1) is 6.92 Å². The van der Waals surface area contributed by atoms with Crippen molar-refractivity contribution in [3.63, 3.8) is 0 Å². The first kappa shape index (κ1) is 16.7. The van der Waals surface area contributed by atoms with Gasteiger partial charge in [0.05, 0.1) is 10.9 Å². The number of benzene rings is 1. The van der Waals surface area contributed by atoms with E-state index in [1.54, 1.807) is 12.1 Å². The van der Waals surface area contributed by atoms with Gasteiger partial charge in [0, 0.05) is 6.04 Å². The third-order valence-corrected chi connectivity index (χ3v) is 4.61. The number of amides is 1. The van der Waals surface area contributed by atoms with Crippen molar-refractivity contribution in [2.24, 2.45) is 0 Å². The Bertz CT molecular complexity index is 552. The third-order valence-electron chi connectivity index (χ3n) is 3.06. The first-order valence-electron chi connectivity index (χ1n) is 6.65. The molecule has 0 saturated carbocycles. The molecule has 0 unspecified atom stereocenters. The average Bonchev–Trinajstić information content (AvgIpc) is 2.38. The molecule has 0 aliphatic rings. The highest BCUT2D eigenvalue weighted by molar-refractivity contribution is 7.89. The minimum Gasteiger partial charge on any atom is -0.352 e. The molecule has 2 atom stereocenters. The van der Waals surface area contributed by atoms with Crippen molar-refractivity contribution in [3.8, 4) is 0 Å². The van der Waals surface area contributed by atoms with Crippen molar-refractivity contribution in [2.75, 3.05) is 0 Å². The lowest BCUT2D eigenvalue weighted by Crippen LogP contribution is -2.47. The van der Waals surface area contributed by atoms with Gasteiger partial charge in [-0.05, 0) is 39.3 Å². The van der Waals surface area contributed by atoms with E-state index in [0.29, 0.717) is 0 Å². The molecule has 0 aromatic heterocycles. The number of hydrogen-bond acceptors (Lipinski definition) is 3. The number of rotatable bonds is 6. The Labute approximate surface area is 120 Å². The normalized spacial score (nSPS) is 14.6. The van der Waals surface area contributed by atoms with E-state index < -0.39 is 16.1 Å². The molecule has 1 amide bonds. The van der Waals surface area contributed by atoms with Gasteiger partial charge in [-0.1, -0.05) is 24.6 Å². The fraction of sp³-hybridized carbons (Fsp3) is 0.500. The standard InChI is InChI=1S/C14H22N2O3S/c1-5-11(3)15-14(17)12(4)16-20(18,19)13-8-6-10(2)7-9-13/h6-9,11-12,16H,5H2,1-4H3,(H,15,17)/t11-,12+/m0/s1. The summed E-state index contributed by atoms with van der Waals surface area (Å²) >= 11 is 0. The van der Waals surface area contributed by atoms with E-state index in [1.807, 2.05) is 20.8 Å². The van der Waals surface area contributed by atoms with Gasteiger partial charge in [-0.3, -0.25) is 4.79 Å². The smallest absolute Gasteiger partial charge is 0.241 e. The van der Waals surface area contributed by atoms with Gasteiger partial charge in [0.1, 0.15) is 0 Å². The Hall–Kier alpha value is -1.40. The number of sulfonamides is 1. The lowest BCUT2D eigenvalue weighted by atomic mass is 10.2. The quantitative estimate of drug-likeness (QED) is 0.837. The number of carbonyl (C=O) groups excluding carboxylic acids is 1. The van der Waals surface area contributed by atoms with Crippen LogP contribution in [0.1, 0.15) is 32.8 Å². The molecule has 0 bridgehead atoms. The Morgan fingerprint density at radius 3 is 2.25 bits per heavy atom. The number of nitrogens with one attached hydrogen (secondary N) is 2. The van der Waals surface area contributed by atoms with E-state index in [1.165, 1.54) is 19.1 Å². The Morgan fingerprint density at radius 2 is 1.75 bits per heavy atom. The number of hydrogen-bond donors (Lipinski definition) is 2. The Morgan fingerprint density at radius 1 is 1.20 bits per heavy atom. The van der Waals surface area contributed by atoms with Gasteiger partial charge in [0.15, 0.2) is 0 Å². The van der Waals surface area contributed by atoms with Gasteiger partial charge < -0.3 is 5.32 Å². The summed E-state index contributed by atoms with van der Waals surface area (Å²) < 4.78 is 26.6. The molecule has 1 aromatic carbocycles. The van der Waals surface area contributed by atoms with Crippen LogP contribution in [0.5, 0.6) is 0 Å². The summed E-state index contributed by atoms with van der Waals surface area (Å²) in [6.07, 6.45) is 0.795. The summed E-state index contributed by atoms with van der Waals surface area (Å²) in [4.78, 5) is 12.0. The summed E-state index contributed by atoms with van der Waals surface area (Å²) in [5.74, 6) is -0.324. The molecule has 0 saturated heterocycles. The Balaban J connectivity index is 2.75. The van der Waals surface area contributed by atoms with Crippen molar-refractivity contribution in [2.45, 2.75) is 51.1 Å². The van der Waals surface area contributed by atoms with E-state index in [0.717, 1.165) is 12.0 Å². The van der Waals surface area contributed by atoms with E-state index in [9.17, 15) is 13.2 Å². The maximum atomic E-state index is 12.1. The molecule has 1 aromatic rings. The highest BCUT2D eigenvalue weighted by Crippen LogP contribution is 2.10. The second kappa shape index (κ2) is 6.85. The molecule has 0 fully saturated rings. The van der Waals surface area contributed by atoms with Gasteiger partial charge >= 0.3 is 0 Å². The highest BCUT2D eigenvalue weighted by Gasteiger charge is 2.22. The lowest BCUT2D eigenvalue weighted by molar-refractivity contribution is -0.122.